The topological polar surface area (TPSA) is 139 Å². The average Bonchev–Trinajstić information content (AvgIpc) is 3.25. The lowest BCUT2D eigenvalue weighted by atomic mass is 10.0. The van der Waals surface area contributed by atoms with Crippen LogP contribution in [0.2, 0.25) is 0 Å². The Labute approximate surface area is 202 Å². The first-order valence-corrected chi connectivity index (χ1v) is 11.6. The van der Waals surface area contributed by atoms with Gasteiger partial charge in [-0.3, -0.25) is 24.3 Å². The summed E-state index contributed by atoms with van der Waals surface area (Å²) in [6.07, 6.45) is 5.84. The van der Waals surface area contributed by atoms with Crippen LogP contribution in [0.3, 0.4) is 0 Å². The van der Waals surface area contributed by atoms with Crippen LogP contribution in [0.4, 0.5) is 5.69 Å². The minimum atomic E-state index is -1.04. The highest BCUT2D eigenvalue weighted by molar-refractivity contribution is 5.96. The predicted molar refractivity (Wildman–Crippen MR) is 130 cm³/mol. The Morgan fingerprint density at radius 2 is 1.77 bits per heavy atom. The van der Waals surface area contributed by atoms with E-state index in [1.807, 2.05) is 17.0 Å². The van der Waals surface area contributed by atoms with E-state index in [4.69, 9.17) is 5.11 Å². The molecule has 0 saturated carbocycles. The van der Waals surface area contributed by atoms with Gasteiger partial charge in [0.1, 0.15) is 6.04 Å². The largest absolute Gasteiger partial charge is 0.481 e. The van der Waals surface area contributed by atoms with Crippen LogP contribution in [0.25, 0.3) is 10.9 Å². The molecule has 1 unspecified atom stereocenters. The number of hydrogen-bond donors (Lipinski definition) is 4. The zero-order valence-electron chi connectivity index (χ0n) is 19.3. The number of H-pyrrole nitrogens is 1. The number of fused-ring (bicyclic) bond motifs is 1. The van der Waals surface area contributed by atoms with Crippen LogP contribution in [0, 0.1) is 0 Å². The molecule has 1 aliphatic rings. The van der Waals surface area contributed by atoms with E-state index in [0.717, 1.165) is 31.6 Å². The van der Waals surface area contributed by atoms with Crippen LogP contribution in [-0.4, -0.2) is 80.6 Å². The van der Waals surface area contributed by atoms with Gasteiger partial charge in [-0.15, -0.1) is 0 Å². The summed E-state index contributed by atoms with van der Waals surface area (Å²) in [4.78, 5) is 46.6. The molecule has 1 atom stereocenters. The Bertz CT molecular complexity index is 1190. The molecule has 1 fully saturated rings. The summed E-state index contributed by atoms with van der Waals surface area (Å²) in [7, 11) is 0. The minimum Gasteiger partial charge on any atom is -0.481 e. The Morgan fingerprint density at radius 1 is 1.03 bits per heavy atom. The molecule has 0 radical (unpaired) electrons. The van der Waals surface area contributed by atoms with E-state index in [2.05, 4.69) is 20.2 Å². The van der Waals surface area contributed by atoms with Crippen molar-refractivity contribution in [2.24, 2.45) is 0 Å². The Morgan fingerprint density at radius 3 is 2.46 bits per heavy atom. The summed E-state index contributed by atoms with van der Waals surface area (Å²) in [5.74, 6) is -2.36. The molecule has 4 N–H and O–H groups in total. The average molecular weight is 480 g/mol. The molecule has 1 aliphatic heterocycles. The maximum absolute atomic E-state index is 12.3. The minimum absolute atomic E-state index is 0.128. The molecule has 35 heavy (non-hydrogen) atoms. The lowest BCUT2D eigenvalue weighted by Gasteiger charge is -2.37. The fourth-order valence-corrected chi connectivity index (χ4v) is 4.46. The number of benzene rings is 1. The van der Waals surface area contributed by atoms with Crippen molar-refractivity contribution in [2.75, 3.05) is 38.0 Å². The van der Waals surface area contributed by atoms with Crippen LogP contribution in [-0.2, 0) is 20.8 Å². The van der Waals surface area contributed by atoms with Gasteiger partial charge in [0.2, 0.25) is 5.91 Å². The first-order valence-electron chi connectivity index (χ1n) is 11.6. The van der Waals surface area contributed by atoms with Crippen molar-refractivity contribution in [3.8, 4) is 0 Å². The summed E-state index contributed by atoms with van der Waals surface area (Å²) >= 11 is 0. The monoisotopic (exact) mass is 479 g/mol. The number of carboxylic acids is 2. The SMILES string of the molecule is O=C(O)CCC(=O)Nc1ccc2[nH]cc(C(C(=O)O)N3CCN(CCc4ccncc4)CC3)c2c1. The van der Waals surface area contributed by atoms with Crippen molar-refractivity contribution < 1.29 is 24.6 Å². The van der Waals surface area contributed by atoms with Crippen molar-refractivity contribution >= 4 is 34.4 Å². The van der Waals surface area contributed by atoms with Gasteiger partial charge in [-0.2, -0.15) is 0 Å². The van der Waals surface area contributed by atoms with E-state index in [1.165, 1.54) is 5.56 Å². The third-order valence-electron chi connectivity index (χ3n) is 6.33. The third-order valence-corrected chi connectivity index (χ3v) is 6.33. The molecule has 10 nitrogen and oxygen atoms in total. The van der Waals surface area contributed by atoms with E-state index in [0.29, 0.717) is 29.7 Å². The highest BCUT2D eigenvalue weighted by Crippen LogP contribution is 2.31. The normalized spacial score (nSPS) is 15.7. The van der Waals surface area contributed by atoms with Crippen molar-refractivity contribution in [1.29, 1.82) is 0 Å². The molecular formula is C25H29N5O5. The van der Waals surface area contributed by atoms with Crippen LogP contribution in [0.5, 0.6) is 0 Å². The lowest BCUT2D eigenvalue weighted by Crippen LogP contribution is -2.49. The summed E-state index contributed by atoms with van der Waals surface area (Å²) in [6, 6.07) is 8.43. The molecule has 1 aromatic carbocycles. The van der Waals surface area contributed by atoms with Gasteiger partial charge in [0.25, 0.3) is 0 Å². The van der Waals surface area contributed by atoms with Crippen LogP contribution >= 0.6 is 0 Å². The molecule has 184 valence electrons. The molecular weight excluding hydrogens is 450 g/mol. The number of nitrogens with zero attached hydrogens (tertiary/aromatic N) is 3. The van der Waals surface area contributed by atoms with Crippen LogP contribution < -0.4 is 5.32 Å². The number of aromatic nitrogens is 2. The maximum atomic E-state index is 12.3. The number of amides is 1. The zero-order valence-corrected chi connectivity index (χ0v) is 19.3. The number of nitrogens with one attached hydrogen (secondary N) is 2. The summed E-state index contributed by atoms with van der Waals surface area (Å²) in [5, 5.41) is 22.3. The number of rotatable bonds is 10. The van der Waals surface area contributed by atoms with E-state index in [-0.39, 0.29) is 12.8 Å². The Kier molecular flexibility index (Phi) is 7.74. The number of piperazine rings is 1. The van der Waals surface area contributed by atoms with Gasteiger partial charge < -0.3 is 25.4 Å². The van der Waals surface area contributed by atoms with E-state index >= 15 is 0 Å². The van der Waals surface area contributed by atoms with Crippen molar-refractivity contribution in [2.45, 2.75) is 25.3 Å². The second-order valence-electron chi connectivity index (χ2n) is 8.67. The molecule has 1 amide bonds. The highest BCUT2D eigenvalue weighted by atomic mass is 16.4. The van der Waals surface area contributed by atoms with Gasteiger partial charge in [0.05, 0.1) is 6.42 Å². The molecule has 0 spiro atoms. The first-order chi connectivity index (χ1) is 16.9. The highest BCUT2D eigenvalue weighted by Gasteiger charge is 2.32. The smallest absolute Gasteiger partial charge is 0.325 e. The van der Waals surface area contributed by atoms with Crippen molar-refractivity contribution in [3.63, 3.8) is 0 Å². The van der Waals surface area contributed by atoms with Gasteiger partial charge in [0, 0.05) is 79.9 Å². The second-order valence-corrected chi connectivity index (χ2v) is 8.67. The van der Waals surface area contributed by atoms with E-state index in [9.17, 15) is 19.5 Å². The second kappa shape index (κ2) is 11.1. The van der Waals surface area contributed by atoms with Crippen LogP contribution in [0.15, 0.2) is 48.9 Å². The number of pyridine rings is 1. The lowest BCUT2D eigenvalue weighted by molar-refractivity contribution is -0.144. The number of carboxylic acid groups (broad SMARTS) is 2. The van der Waals surface area contributed by atoms with E-state index < -0.39 is 23.9 Å². The summed E-state index contributed by atoms with van der Waals surface area (Å²) in [6.45, 7) is 3.73. The Balaban J connectivity index is 1.43. The fraction of sp³-hybridized carbons (Fsp3) is 0.360. The number of aliphatic carboxylic acids is 2. The number of hydrogen-bond acceptors (Lipinski definition) is 6. The van der Waals surface area contributed by atoms with Crippen molar-refractivity contribution in [3.05, 3.63) is 60.0 Å². The number of aromatic amines is 1. The number of anilines is 1. The quantitative estimate of drug-likeness (QED) is 0.348. The first kappa shape index (κ1) is 24.4. The molecule has 2 aromatic heterocycles. The molecule has 0 bridgehead atoms. The van der Waals surface area contributed by atoms with Gasteiger partial charge >= 0.3 is 11.9 Å². The maximum Gasteiger partial charge on any atom is 0.325 e. The molecule has 4 rings (SSSR count). The molecule has 10 heteroatoms. The summed E-state index contributed by atoms with van der Waals surface area (Å²) < 4.78 is 0. The fourth-order valence-electron chi connectivity index (χ4n) is 4.46. The molecule has 0 aliphatic carbocycles. The van der Waals surface area contributed by atoms with Gasteiger partial charge in [-0.25, -0.2) is 0 Å². The molecule has 3 aromatic rings. The van der Waals surface area contributed by atoms with Gasteiger partial charge in [0.15, 0.2) is 0 Å². The summed E-state index contributed by atoms with van der Waals surface area (Å²) in [5.41, 5.74) is 3.14. The Hall–Kier alpha value is -3.76. The number of carbonyl (C=O) groups excluding carboxylic acids is 1. The number of carbonyl (C=O) groups is 3. The molecule has 3 heterocycles. The van der Waals surface area contributed by atoms with Crippen molar-refractivity contribution in [1.82, 2.24) is 19.8 Å². The zero-order chi connectivity index (χ0) is 24.8. The van der Waals surface area contributed by atoms with E-state index in [1.54, 1.807) is 36.8 Å². The van der Waals surface area contributed by atoms with Gasteiger partial charge in [-0.05, 0) is 42.3 Å². The standard InChI is InChI=1S/C25H29N5O5/c31-22(3-4-23(32)33)28-18-1-2-21-19(15-18)20(16-27-21)24(25(34)35)30-13-11-29(12-14-30)10-7-17-5-8-26-9-6-17/h1-2,5-6,8-9,15-16,24,27H,3-4,7,10-14H2,(H,28,31)(H,32,33)(H,34,35). The van der Waals surface area contributed by atoms with Crippen LogP contribution in [0.1, 0.15) is 30.0 Å². The molecule has 1 saturated heterocycles. The predicted octanol–water partition coefficient (Wildman–Crippen LogP) is 2.35. The van der Waals surface area contributed by atoms with Gasteiger partial charge in [-0.1, -0.05) is 0 Å². The third kappa shape index (κ3) is 6.23.